The van der Waals surface area contributed by atoms with Crippen molar-refractivity contribution in [3.63, 3.8) is 0 Å². The molecule has 232 valence electrons. The summed E-state index contributed by atoms with van der Waals surface area (Å²) in [5.74, 6) is -0.475. The molecule has 2 heterocycles. The van der Waals surface area contributed by atoms with Crippen LogP contribution in [0.1, 0.15) is 48.8 Å². The zero-order valence-electron chi connectivity index (χ0n) is 22.2. The molecule has 0 radical (unpaired) electrons. The first kappa shape index (κ1) is 32.5. The summed E-state index contributed by atoms with van der Waals surface area (Å²) in [5.41, 5.74) is -3.90. The van der Waals surface area contributed by atoms with Gasteiger partial charge in [0, 0.05) is 25.7 Å². The Bertz CT molecular complexity index is 1390. The van der Waals surface area contributed by atoms with E-state index in [1.165, 1.54) is 17.0 Å². The Kier molecular flexibility index (Phi) is 9.53. The van der Waals surface area contributed by atoms with Crippen LogP contribution in [0.3, 0.4) is 0 Å². The molecule has 0 aliphatic carbocycles. The summed E-state index contributed by atoms with van der Waals surface area (Å²) in [6, 6.07) is 6.37. The molecule has 2 fully saturated rings. The number of likely N-dealkylation sites (tertiary alicyclic amines) is 1. The summed E-state index contributed by atoms with van der Waals surface area (Å²) in [4.78, 5) is 13.3. The zero-order chi connectivity index (χ0) is 30.9. The number of ether oxygens (including phenoxy) is 1. The largest absolute Gasteiger partial charge is 0.417 e. The molecule has 2 aromatic carbocycles. The van der Waals surface area contributed by atoms with Gasteiger partial charge in [-0.3, -0.25) is 4.79 Å². The Labute approximate surface area is 244 Å². The fourth-order valence-electron chi connectivity index (χ4n) is 5.33. The van der Waals surface area contributed by atoms with Crippen molar-refractivity contribution in [3.05, 3.63) is 64.2 Å². The van der Waals surface area contributed by atoms with Gasteiger partial charge < -0.3 is 14.7 Å². The molecule has 0 saturated carbocycles. The highest BCUT2D eigenvalue weighted by Gasteiger charge is 2.42. The Morgan fingerprint density at radius 2 is 1.62 bits per heavy atom. The van der Waals surface area contributed by atoms with Crippen LogP contribution in [0.4, 0.5) is 26.3 Å². The molecule has 4 rings (SSSR count). The minimum atomic E-state index is -4.87. The first-order chi connectivity index (χ1) is 19.5. The molecule has 2 aliphatic rings. The highest BCUT2D eigenvalue weighted by Crippen LogP contribution is 2.40. The first-order valence-electron chi connectivity index (χ1n) is 13.2. The van der Waals surface area contributed by atoms with Gasteiger partial charge in [-0.1, -0.05) is 36.2 Å². The number of halogens is 7. The molecule has 7 nitrogen and oxygen atoms in total. The van der Waals surface area contributed by atoms with Crippen LogP contribution >= 0.6 is 11.6 Å². The summed E-state index contributed by atoms with van der Waals surface area (Å²) in [6.07, 6.45) is -8.23. The van der Waals surface area contributed by atoms with E-state index in [0.717, 1.165) is 28.6 Å². The minimum Gasteiger partial charge on any atom is -0.385 e. The maximum Gasteiger partial charge on any atom is 0.417 e. The van der Waals surface area contributed by atoms with E-state index in [4.69, 9.17) is 16.3 Å². The fraction of sp³-hybridized carbons (Fsp3) is 0.519. The Morgan fingerprint density at radius 3 is 2.26 bits per heavy atom. The zero-order valence-corrected chi connectivity index (χ0v) is 23.8. The Morgan fingerprint density at radius 1 is 0.976 bits per heavy atom. The van der Waals surface area contributed by atoms with E-state index in [0.29, 0.717) is 25.3 Å². The van der Waals surface area contributed by atoms with E-state index in [1.54, 1.807) is 0 Å². The predicted octanol–water partition coefficient (Wildman–Crippen LogP) is 5.45. The van der Waals surface area contributed by atoms with Gasteiger partial charge in [0.05, 0.1) is 33.3 Å². The number of aliphatic hydroxyl groups is 1. The van der Waals surface area contributed by atoms with Gasteiger partial charge in [0.15, 0.2) is 0 Å². The molecule has 0 aromatic heterocycles. The molecule has 1 N–H and O–H groups in total. The van der Waals surface area contributed by atoms with Gasteiger partial charge in [0.1, 0.15) is 6.61 Å². The maximum absolute atomic E-state index is 13.5. The quantitative estimate of drug-likeness (QED) is 0.406. The second kappa shape index (κ2) is 12.3. The van der Waals surface area contributed by atoms with Gasteiger partial charge in [-0.2, -0.15) is 30.6 Å². The average molecular weight is 643 g/mol. The normalized spacial score (nSPS) is 20.5. The van der Waals surface area contributed by atoms with Gasteiger partial charge in [0.2, 0.25) is 15.9 Å². The van der Waals surface area contributed by atoms with Crippen LogP contribution in [0.15, 0.2) is 47.4 Å². The SMILES string of the molecule is O=C(COCC1CCCCN1S(=O)(=O)c1ccccc1C(F)(F)F)N1CCC(O)(c2ccc(Cl)c(C(F)(F)F)c2)CC1. The lowest BCUT2D eigenvalue weighted by Crippen LogP contribution is -2.48. The van der Waals surface area contributed by atoms with Crippen LogP contribution in [0, 0.1) is 0 Å². The van der Waals surface area contributed by atoms with Crippen LogP contribution in [-0.4, -0.2) is 67.5 Å². The second-order valence-electron chi connectivity index (χ2n) is 10.4. The molecule has 1 atom stereocenters. The third-order valence-corrected chi connectivity index (χ3v) is 9.98. The van der Waals surface area contributed by atoms with Crippen LogP contribution in [0.5, 0.6) is 0 Å². The van der Waals surface area contributed by atoms with E-state index < -0.39 is 67.6 Å². The fourth-order valence-corrected chi connectivity index (χ4v) is 7.45. The van der Waals surface area contributed by atoms with Gasteiger partial charge in [-0.15, -0.1) is 0 Å². The summed E-state index contributed by atoms with van der Waals surface area (Å²) < 4.78 is 113. The van der Waals surface area contributed by atoms with E-state index in [2.05, 4.69) is 0 Å². The van der Waals surface area contributed by atoms with Crippen molar-refractivity contribution in [2.45, 2.75) is 61.0 Å². The number of hydrogen-bond donors (Lipinski definition) is 1. The summed E-state index contributed by atoms with van der Waals surface area (Å²) in [7, 11) is -4.52. The van der Waals surface area contributed by atoms with Crippen molar-refractivity contribution < 1.29 is 49.4 Å². The van der Waals surface area contributed by atoms with Crippen LogP contribution in [-0.2, 0) is 37.5 Å². The number of rotatable bonds is 7. The number of piperidine rings is 2. The van der Waals surface area contributed by atoms with Crippen LogP contribution in [0.25, 0.3) is 0 Å². The maximum atomic E-state index is 13.5. The van der Waals surface area contributed by atoms with Gasteiger partial charge in [0.25, 0.3) is 0 Å². The highest BCUT2D eigenvalue weighted by molar-refractivity contribution is 7.89. The molecule has 0 bridgehead atoms. The van der Waals surface area contributed by atoms with Crippen molar-refractivity contribution >= 4 is 27.5 Å². The van der Waals surface area contributed by atoms with Crippen LogP contribution < -0.4 is 0 Å². The summed E-state index contributed by atoms with van der Waals surface area (Å²) >= 11 is 5.67. The molecule has 1 unspecified atom stereocenters. The predicted molar refractivity (Wildman–Crippen MR) is 140 cm³/mol. The third kappa shape index (κ3) is 7.04. The Hall–Kier alpha value is -2.39. The molecule has 42 heavy (non-hydrogen) atoms. The molecule has 2 aromatic rings. The number of nitrogens with zero attached hydrogens (tertiary/aromatic N) is 2. The lowest BCUT2D eigenvalue weighted by atomic mass is 9.83. The van der Waals surface area contributed by atoms with Gasteiger partial charge >= 0.3 is 12.4 Å². The molecular formula is C27H29ClF6N2O5S. The molecule has 15 heteroatoms. The highest BCUT2D eigenvalue weighted by atomic mass is 35.5. The smallest absolute Gasteiger partial charge is 0.385 e. The summed E-state index contributed by atoms with van der Waals surface area (Å²) in [5, 5.41) is 10.5. The number of amides is 1. The molecule has 0 spiro atoms. The van der Waals surface area contributed by atoms with Crippen molar-refractivity contribution in [3.8, 4) is 0 Å². The number of hydrogen-bond acceptors (Lipinski definition) is 5. The number of benzene rings is 2. The monoisotopic (exact) mass is 642 g/mol. The van der Waals surface area contributed by atoms with Crippen molar-refractivity contribution in [2.75, 3.05) is 32.8 Å². The Balaban J connectivity index is 1.36. The first-order valence-corrected chi connectivity index (χ1v) is 15.0. The van der Waals surface area contributed by atoms with Crippen LogP contribution in [0.2, 0.25) is 5.02 Å². The molecule has 1 amide bonds. The average Bonchev–Trinajstić information content (AvgIpc) is 2.92. The lowest BCUT2D eigenvalue weighted by Gasteiger charge is -2.39. The number of alkyl halides is 6. The number of carbonyl (C=O) groups excluding carboxylic acids is 1. The van der Waals surface area contributed by atoms with E-state index in [9.17, 15) is 44.7 Å². The van der Waals surface area contributed by atoms with Crippen molar-refractivity contribution in [2.24, 2.45) is 0 Å². The van der Waals surface area contributed by atoms with E-state index >= 15 is 0 Å². The van der Waals surface area contributed by atoms with Gasteiger partial charge in [-0.25, -0.2) is 8.42 Å². The molecule has 2 aliphatic heterocycles. The second-order valence-corrected chi connectivity index (χ2v) is 12.6. The third-order valence-electron chi connectivity index (χ3n) is 7.64. The van der Waals surface area contributed by atoms with Gasteiger partial charge in [-0.05, 0) is 55.5 Å². The topological polar surface area (TPSA) is 87.2 Å². The molecule has 2 saturated heterocycles. The number of sulfonamides is 1. The lowest BCUT2D eigenvalue weighted by molar-refractivity contribution is -0.141. The van der Waals surface area contributed by atoms with E-state index in [-0.39, 0.29) is 44.6 Å². The minimum absolute atomic E-state index is 0.00194. The standard InChI is InChI=1S/C27H29ClF6N2O5S/c28-22-9-8-18(15-21(22)27(32,33)34)25(38)10-13-35(14-11-25)24(37)17-41-16-19-5-3-4-12-36(19)42(39,40)23-7-2-1-6-20(23)26(29,30)31/h1-2,6-9,15,19,38H,3-5,10-14,16-17H2. The van der Waals surface area contributed by atoms with Crippen molar-refractivity contribution in [1.29, 1.82) is 0 Å². The summed E-state index contributed by atoms with van der Waals surface area (Å²) in [6.45, 7) is -0.604. The number of carbonyl (C=O) groups is 1. The van der Waals surface area contributed by atoms with Crippen molar-refractivity contribution in [1.82, 2.24) is 9.21 Å². The van der Waals surface area contributed by atoms with E-state index in [1.807, 2.05) is 0 Å². The molecular weight excluding hydrogens is 614 g/mol.